The lowest BCUT2D eigenvalue weighted by Gasteiger charge is -2.29. The van der Waals surface area contributed by atoms with E-state index in [9.17, 15) is 4.79 Å². The first kappa shape index (κ1) is 16.5. The fourth-order valence-corrected chi connectivity index (χ4v) is 3.67. The highest BCUT2D eigenvalue weighted by atomic mass is 16.5. The molecule has 1 aromatic heterocycles. The Morgan fingerprint density at radius 1 is 1.30 bits per heavy atom. The summed E-state index contributed by atoms with van der Waals surface area (Å²) < 4.78 is 7.42. The van der Waals surface area contributed by atoms with Gasteiger partial charge in [0.05, 0.1) is 25.5 Å². The molecule has 6 heteroatoms. The van der Waals surface area contributed by atoms with Crippen molar-refractivity contribution in [2.24, 2.45) is 0 Å². The number of rotatable bonds is 5. The summed E-state index contributed by atoms with van der Waals surface area (Å²) in [6.07, 6.45) is 3.04. The van der Waals surface area contributed by atoms with E-state index in [0.717, 1.165) is 38.4 Å². The molecule has 0 radical (unpaired) electrons. The molecule has 1 amide bonds. The van der Waals surface area contributed by atoms with Crippen LogP contribution in [0.15, 0.2) is 6.07 Å². The normalized spacial score (nSPS) is 22.7. The number of aromatic nitrogens is 2. The summed E-state index contributed by atoms with van der Waals surface area (Å²) in [5, 5.41) is 4.58. The van der Waals surface area contributed by atoms with Crippen LogP contribution in [0.5, 0.6) is 0 Å². The SMILES string of the molecule is Cc1cc(C)n(CC2CCCN2CCC(=O)N2CCOCC2)n1. The molecule has 3 rings (SSSR count). The number of hydrogen-bond donors (Lipinski definition) is 0. The number of likely N-dealkylation sites (tertiary alicyclic amines) is 1. The van der Waals surface area contributed by atoms with Gasteiger partial charge in [-0.05, 0) is 39.3 Å². The van der Waals surface area contributed by atoms with Crippen molar-refractivity contribution in [3.63, 3.8) is 0 Å². The van der Waals surface area contributed by atoms with E-state index in [1.165, 1.54) is 18.5 Å². The Balaban J connectivity index is 1.50. The van der Waals surface area contributed by atoms with Crippen LogP contribution in [0.25, 0.3) is 0 Å². The van der Waals surface area contributed by atoms with E-state index in [1.807, 2.05) is 11.8 Å². The summed E-state index contributed by atoms with van der Waals surface area (Å²) >= 11 is 0. The fourth-order valence-electron chi connectivity index (χ4n) is 3.67. The van der Waals surface area contributed by atoms with Crippen LogP contribution in [0, 0.1) is 13.8 Å². The first-order valence-electron chi connectivity index (χ1n) is 8.74. The van der Waals surface area contributed by atoms with E-state index < -0.39 is 0 Å². The Morgan fingerprint density at radius 3 is 2.78 bits per heavy atom. The second-order valence-electron chi connectivity index (χ2n) is 6.68. The third-order valence-corrected chi connectivity index (χ3v) is 4.96. The second kappa shape index (κ2) is 7.45. The number of morpholine rings is 1. The van der Waals surface area contributed by atoms with E-state index in [1.54, 1.807) is 0 Å². The monoisotopic (exact) mass is 320 g/mol. The average molecular weight is 320 g/mol. The zero-order valence-corrected chi connectivity index (χ0v) is 14.3. The maximum absolute atomic E-state index is 12.3. The van der Waals surface area contributed by atoms with Crippen molar-refractivity contribution in [1.29, 1.82) is 0 Å². The lowest BCUT2D eigenvalue weighted by atomic mass is 10.2. The van der Waals surface area contributed by atoms with Gasteiger partial charge in [0, 0.05) is 37.8 Å². The van der Waals surface area contributed by atoms with Gasteiger partial charge in [0.2, 0.25) is 5.91 Å². The molecule has 0 aliphatic carbocycles. The summed E-state index contributed by atoms with van der Waals surface area (Å²) in [5.74, 6) is 0.269. The molecule has 128 valence electrons. The summed E-state index contributed by atoms with van der Waals surface area (Å²) in [4.78, 5) is 16.7. The van der Waals surface area contributed by atoms with Gasteiger partial charge in [-0.1, -0.05) is 0 Å². The van der Waals surface area contributed by atoms with Crippen molar-refractivity contribution >= 4 is 5.91 Å². The highest BCUT2D eigenvalue weighted by Crippen LogP contribution is 2.20. The van der Waals surface area contributed by atoms with Crippen LogP contribution in [0.2, 0.25) is 0 Å². The molecule has 23 heavy (non-hydrogen) atoms. The van der Waals surface area contributed by atoms with Crippen molar-refractivity contribution in [2.75, 3.05) is 39.4 Å². The molecule has 3 heterocycles. The Bertz CT molecular complexity index is 537. The zero-order valence-electron chi connectivity index (χ0n) is 14.3. The largest absolute Gasteiger partial charge is 0.378 e. The molecule has 0 aromatic carbocycles. The van der Waals surface area contributed by atoms with Crippen molar-refractivity contribution in [2.45, 2.75) is 45.7 Å². The Morgan fingerprint density at radius 2 is 2.09 bits per heavy atom. The molecule has 1 unspecified atom stereocenters. The molecular formula is C17H28N4O2. The van der Waals surface area contributed by atoms with Crippen molar-refractivity contribution < 1.29 is 9.53 Å². The molecular weight excluding hydrogens is 292 g/mol. The molecule has 2 fully saturated rings. The molecule has 2 saturated heterocycles. The maximum Gasteiger partial charge on any atom is 0.224 e. The number of carbonyl (C=O) groups is 1. The molecule has 2 aliphatic heterocycles. The number of carbonyl (C=O) groups excluding carboxylic acids is 1. The molecule has 0 N–H and O–H groups in total. The molecule has 2 aliphatic rings. The predicted octanol–water partition coefficient (Wildman–Crippen LogP) is 1.21. The summed E-state index contributed by atoms with van der Waals surface area (Å²) in [6, 6.07) is 2.63. The molecule has 6 nitrogen and oxygen atoms in total. The molecule has 1 atom stereocenters. The lowest BCUT2D eigenvalue weighted by molar-refractivity contribution is -0.135. The maximum atomic E-state index is 12.3. The summed E-state index contributed by atoms with van der Waals surface area (Å²) in [5.41, 5.74) is 2.30. The van der Waals surface area contributed by atoms with E-state index in [0.29, 0.717) is 25.7 Å². The highest BCUT2D eigenvalue weighted by Gasteiger charge is 2.26. The summed E-state index contributed by atoms with van der Waals surface area (Å²) in [6.45, 7) is 9.89. The van der Waals surface area contributed by atoms with Crippen molar-refractivity contribution in [3.05, 3.63) is 17.5 Å². The quantitative estimate of drug-likeness (QED) is 0.818. The zero-order chi connectivity index (χ0) is 16.2. The number of nitrogens with zero attached hydrogens (tertiary/aromatic N) is 4. The third kappa shape index (κ3) is 4.12. The Kier molecular flexibility index (Phi) is 5.33. The fraction of sp³-hybridized carbons (Fsp3) is 0.765. The lowest BCUT2D eigenvalue weighted by Crippen LogP contribution is -2.42. The van der Waals surface area contributed by atoms with Gasteiger partial charge >= 0.3 is 0 Å². The smallest absolute Gasteiger partial charge is 0.224 e. The predicted molar refractivity (Wildman–Crippen MR) is 88.3 cm³/mol. The van der Waals surface area contributed by atoms with Crippen molar-refractivity contribution in [1.82, 2.24) is 19.6 Å². The number of hydrogen-bond acceptors (Lipinski definition) is 4. The van der Waals surface area contributed by atoms with Crippen molar-refractivity contribution in [3.8, 4) is 0 Å². The van der Waals surface area contributed by atoms with Gasteiger partial charge in [-0.25, -0.2) is 0 Å². The number of ether oxygens (including phenoxy) is 1. The minimum absolute atomic E-state index is 0.269. The van der Waals surface area contributed by atoms with Gasteiger partial charge in [-0.2, -0.15) is 5.10 Å². The van der Waals surface area contributed by atoms with Gasteiger partial charge in [0.25, 0.3) is 0 Å². The van der Waals surface area contributed by atoms with Gasteiger partial charge in [-0.15, -0.1) is 0 Å². The molecule has 1 aromatic rings. The van der Waals surface area contributed by atoms with Crippen LogP contribution in [0.4, 0.5) is 0 Å². The van der Waals surface area contributed by atoms with Crippen LogP contribution < -0.4 is 0 Å². The van der Waals surface area contributed by atoms with Gasteiger partial charge in [0.1, 0.15) is 0 Å². The van der Waals surface area contributed by atoms with Crippen LogP contribution >= 0.6 is 0 Å². The standard InChI is InChI=1S/C17H28N4O2/c1-14-12-15(2)21(18-14)13-16-4-3-6-19(16)7-5-17(22)20-8-10-23-11-9-20/h12,16H,3-11,13H2,1-2H3. The van der Waals surface area contributed by atoms with Crippen LogP contribution in [0.3, 0.4) is 0 Å². The van der Waals surface area contributed by atoms with Gasteiger partial charge in [-0.3, -0.25) is 14.4 Å². The first-order valence-corrected chi connectivity index (χ1v) is 8.74. The first-order chi connectivity index (χ1) is 11.1. The topological polar surface area (TPSA) is 50.6 Å². The van der Waals surface area contributed by atoms with E-state index in [-0.39, 0.29) is 5.91 Å². The molecule has 0 bridgehead atoms. The van der Waals surface area contributed by atoms with E-state index in [4.69, 9.17) is 4.74 Å². The van der Waals surface area contributed by atoms with E-state index >= 15 is 0 Å². The highest BCUT2D eigenvalue weighted by molar-refractivity contribution is 5.76. The van der Waals surface area contributed by atoms with Crippen LogP contribution in [-0.2, 0) is 16.1 Å². The number of amides is 1. The average Bonchev–Trinajstić information content (AvgIpc) is 3.12. The minimum Gasteiger partial charge on any atom is -0.378 e. The van der Waals surface area contributed by atoms with Crippen LogP contribution in [0.1, 0.15) is 30.7 Å². The van der Waals surface area contributed by atoms with Gasteiger partial charge < -0.3 is 9.64 Å². The Hall–Kier alpha value is -1.40. The molecule has 0 spiro atoms. The van der Waals surface area contributed by atoms with Crippen LogP contribution in [-0.4, -0.2) is 70.9 Å². The third-order valence-electron chi connectivity index (χ3n) is 4.96. The van der Waals surface area contributed by atoms with E-state index in [2.05, 4.69) is 27.7 Å². The second-order valence-corrected chi connectivity index (χ2v) is 6.68. The summed E-state index contributed by atoms with van der Waals surface area (Å²) in [7, 11) is 0. The Labute approximate surface area is 138 Å². The van der Waals surface area contributed by atoms with Gasteiger partial charge in [0.15, 0.2) is 0 Å². The minimum atomic E-state index is 0.269. The number of aryl methyl sites for hydroxylation is 2. The molecule has 0 saturated carbocycles.